The number of carboxylic acids is 1. The van der Waals surface area contributed by atoms with E-state index in [2.05, 4.69) is 5.32 Å². The molecule has 1 aromatic heterocycles. The van der Waals surface area contributed by atoms with Crippen LogP contribution in [0.25, 0.3) is 0 Å². The Kier molecular flexibility index (Phi) is 3.53. The maximum atomic E-state index is 10.4. The van der Waals surface area contributed by atoms with Gasteiger partial charge in [-0.1, -0.05) is 0 Å². The van der Waals surface area contributed by atoms with E-state index in [1.54, 1.807) is 13.0 Å². The lowest BCUT2D eigenvalue weighted by molar-refractivity contribution is 0.0663. The smallest absolute Gasteiger partial charge is 0.371 e. The first-order chi connectivity index (χ1) is 6.59. The Morgan fingerprint density at radius 1 is 1.64 bits per heavy atom. The fourth-order valence-corrected chi connectivity index (χ4v) is 0.952. The molecule has 0 spiro atoms. The molecule has 0 fully saturated rings. The minimum Gasteiger partial charge on any atom is -0.475 e. The average Bonchev–Trinajstić information content (AvgIpc) is 2.52. The van der Waals surface area contributed by atoms with Gasteiger partial charge >= 0.3 is 5.97 Å². The van der Waals surface area contributed by atoms with Gasteiger partial charge in [-0.15, -0.1) is 0 Å². The predicted molar refractivity (Wildman–Crippen MR) is 50.5 cm³/mol. The van der Waals surface area contributed by atoms with E-state index in [0.29, 0.717) is 18.8 Å². The van der Waals surface area contributed by atoms with Crippen LogP contribution in [-0.2, 0) is 0 Å². The van der Waals surface area contributed by atoms with Gasteiger partial charge in [0, 0.05) is 12.6 Å². The molecule has 0 amide bonds. The molecule has 3 N–H and O–H groups in total. The highest BCUT2D eigenvalue weighted by molar-refractivity contribution is 5.84. The minimum absolute atomic E-state index is 0.0930. The van der Waals surface area contributed by atoms with Crippen LogP contribution >= 0.6 is 0 Å². The molecular formula is C9H13NO4. The number of furan rings is 1. The van der Waals surface area contributed by atoms with E-state index >= 15 is 0 Å². The Morgan fingerprint density at radius 2 is 2.36 bits per heavy atom. The van der Waals surface area contributed by atoms with E-state index in [0.717, 1.165) is 0 Å². The molecular weight excluding hydrogens is 186 g/mol. The van der Waals surface area contributed by atoms with Crippen LogP contribution in [0, 0.1) is 0 Å². The molecule has 1 unspecified atom stereocenters. The van der Waals surface area contributed by atoms with Crippen molar-refractivity contribution in [2.45, 2.75) is 19.4 Å². The molecule has 0 saturated carbocycles. The Hall–Kier alpha value is -1.49. The summed E-state index contributed by atoms with van der Waals surface area (Å²) in [6, 6.07) is 2.93. The number of carboxylic acid groups (broad SMARTS) is 1. The van der Waals surface area contributed by atoms with Crippen LogP contribution in [0.3, 0.4) is 0 Å². The van der Waals surface area contributed by atoms with Crippen LogP contribution in [0.2, 0.25) is 0 Å². The first-order valence-corrected chi connectivity index (χ1v) is 4.34. The summed E-state index contributed by atoms with van der Waals surface area (Å²) in [5.74, 6) is -0.777. The summed E-state index contributed by atoms with van der Waals surface area (Å²) in [5.41, 5.74) is 0. The highest BCUT2D eigenvalue weighted by Gasteiger charge is 2.08. The van der Waals surface area contributed by atoms with Crippen LogP contribution in [0.15, 0.2) is 16.5 Å². The lowest BCUT2D eigenvalue weighted by atomic mass is 10.3. The van der Waals surface area contributed by atoms with Crippen molar-refractivity contribution in [3.05, 3.63) is 17.9 Å². The second-order valence-corrected chi connectivity index (χ2v) is 3.03. The molecule has 5 heteroatoms. The number of aromatic carboxylic acids is 1. The number of hydrogen-bond donors (Lipinski definition) is 3. The molecule has 1 atom stereocenters. The van der Waals surface area contributed by atoms with E-state index in [4.69, 9.17) is 14.6 Å². The lowest BCUT2D eigenvalue weighted by Crippen LogP contribution is -2.09. The minimum atomic E-state index is -1.09. The molecule has 0 aromatic carbocycles. The predicted octanol–water partition coefficient (Wildman–Crippen LogP) is 1.16. The van der Waals surface area contributed by atoms with Crippen molar-refractivity contribution in [2.75, 3.05) is 11.9 Å². The third kappa shape index (κ3) is 3.10. The molecule has 5 nitrogen and oxygen atoms in total. The maximum Gasteiger partial charge on any atom is 0.371 e. The van der Waals surface area contributed by atoms with Gasteiger partial charge in [0.25, 0.3) is 0 Å². The number of aliphatic hydroxyl groups is 1. The highest BCUT2D eigenvalue weighted by atomic mass is 16.4. The maximum absolute atomic E-state index is 10.4. The van der Waals surface area contributed by atoms with Gasteiger partial charge < -0.3 is 19.9 Å². The molecule has 0 bridgehead atoms. The van der Waals surface area contributed by atoms with Crippen LogP contribution < -0.4 is 5.32 Å². The molecule has 0 aliphatic rings. The topological polar surface area (TPSA) is 82.7 Å². The fourth-order valence-electron chi connectivity index (χ4n) is 0.952. The zero-order chi connectivity index (χ0) is 10.6. The second-order valence-electron chi connectivity index (χ2n) is 3.03. The van der Waals surface area contributed by atoms with Crippen molar-refractivity contribution in [1.29, 1.82) is 0 Å². The van der Waals surface area contributed by atoms with E-state index in [-0.39, 0.29) is 11.9 Å². The Balaban J connectivity index is 2.40. The van der Waals surface area contributed by atoms with Crippen LogP contribution in [0.5, 0.6) is 0 Å². The molecule has 0 aliphatic heterocycles. The average molecular weight is 199 g/mol. The van der Waals surface area contributed by atoms with E-state index < -0.39 is 5.97 Å². The fraction of sp³-hybridized carbons (Fsp3) is 0.444. The first-order valence-electron chi connectivity index (χ1n) is 4.34. The number of nitrogens with one attached hydrogen (secondary N) is 1. The Morgan fingerprint density at radius 3 is 2.86 bits per heavy atom. The summed E-state index contributed by atoms with van der Waals surface area (Å²) in [5, 5.41) is 20.4. The van der Waals surface area contributed by atoms with Gasteiger partial charge in [0.05, 0.1) is 6.10 Å². The molecule has 1 heterocycles. The molecule has 0 aliphatic carbocycles. The lowest BCUT2D eigenvalue weighted by Gasteiger charge is -2.04. The number of hydrogen-bond acceptors (Lipinski definition) is 4. The molecule has 14 heavy (non-hydrogen) atoms. The highest BCUT2D eigenvalue weighted by Crippen LogP contribution is 2.12. The summed E-state index contributed by atoms with van der Waals surface area (Å²) in [7, 11) is 0. The summed E-state index contributed by atoms with van der Waals surface area (Å²) < 4.78 is 4.93. The number of rotatable bonds is 5. The molecule has 0 radical (unpaired) electrons. The number of carbonyl (C=O) groups is 1. The van der Waals surface area contributed by atoms with Gasteiger partial charge in [-0.3, -0.25) is 0 Å². The molecule has 1 rings (SSSR count). The van der Waals surface area contributed by atoms with Crippen molar-refractivity contribution >= 4 is 11.9 Å². The van der Waals surface area contributed by atoms with E-state index in [1.165, 1.54) is 6.07 Å². The van der Waals surface area contributed by atoms with E-state index in [9.17, 15) is 4.79 Å². The zero-order valence-corrected chi connectivity index (χ0v) is 7.86. The Bertz CT molecular complexity index is 306. The van der Waals surface area contributed by atoms with Crippen LogP contribution in [0.4, 0.5) is 5.88 Å². The van der Waals surface area contributed by atoms with Gasteiger partial charge in [-0.05, 0) is 19.4 Å². The van der Waals surface area contributed by atoms with E-state index in [1.807, 2.05) is 0 Å². The SMILES string of the molecule is CC(O)CCNc1ccc(C(=O)O)o1. The number of aliphatic hydroxyl groups excluding tert-OH is 1. The quantitative estimate of drug-likeness (QED) is 0.662. The molecule has 78 valence electrons. The summed E-state index contributed by atoms with van der Waals surface area (Å²) in [6.45, 7) is 2.23. The first kappa shape index (κ1) is 10.6. The largest absolute Gasteiger partial charge is 0.475 e. The second kappa shape index (κ2) is 4.66. The van der Waals surface area contributed by atoms with Crippen LogP contribution in [-0.4, -0.2) is 28.8 Å². The summed E-state index contributed by atoms with van der Waals surface area (Å²) >= 11 is 0. The van der Waals surface area contributed by atoms with Crippen molar-refractivity contribution in [2.24, 2.45) is 0 Å². The van der Waals surface area contributed by atoms with Gasteiger partial charge in [0.2, 0.25) is 5.76 Å². The number of anilines is 1. The standard InChI is InChI=1S/C9H13NO4/c1-6(11)4-5-10-8-3-2-7(14-8)9(12)13/h2-3,6,10-11H,4-5H2,1H3,(H,12,13). The summed E-state index contributed by atoms with van der Waals surface area (Å²) in [6.07, 6.45) is 0.208. The summed E-state index contributed by atoms with van der Waals surface area (Å²) in [4.78, 5) is 10.4. The monoisotopic (exact) mass is 199 g/mol. The van der Waals surface area contributed by atoms with Gasteiger partial charge in [0.1, 0.15) is 0 Å². The Labute approximate surface area is 81.4 Å². The molecule has 1 aromatic rings. The van der Waals surface area contributed by atoms with Crippen LogP contribution in [0.1, 0.15) is 23.9 Å². The van der Waals surface area contributed by atoms with Gasteiger partial charge in [0.15, 0.2) is 5.88 Å². The van der Waals surface area contributed by atoms with Gasteiger partial charge in [-0.25, -0.2) is 4.79 Å². The normalized spacial score (nSPS) is 12.4. The van der Waals surface area contributed by atoms with Crippen molar-refractivity contribution in [1.82, 2.24) is 0 Å². The van der Waals surface area contributed by atoms with Crippen molar-refractivity contribution in [3.63, 3.8) is 0 Å². The third-order valence-electron chi connectivity index (χ3n) is 1.68. The van der Waals surface area contributed by atoms with Gasteiger partial charge in [-0.2, -0.15) is 0 Å². The molecule has 0 saturated heterocycles. The third-order valence-corrected chi connectivity index (χ3v) is 1.68. The van der Waals surface area contributed by atoms with Crippen molar-refractivity contribution in [3.8, 4) is 0 Å². The zero-order valence-electron chi connectivity index (χ0n) is 7.86. The van der Waals surface area contributed by atoms with Crippen molar-refractivity contribution < 1.29 is 19.4 Å².